The lowest BCUT2D eigenvalue weighted by Crippen LogP contribution is -2.12. The van der Waals surface area contributed by atoms with E-state index < -0.39 is 0 Å². The van der Waals surface area contributed by atoms with Crippen LogP contribution >= 0.6 is 0 Å². The van der Waals surface area contributed by atoms with Crippen LogP contribution in [0.4, 0.5) is 5.69 Å². The van der Waals surface area contributed by atoms with Gasteiger partial charge in [0.2, 0.25) is 0 Å². The molecule has 4 rings (SSSR count). The van der Waals surface area contributed by atoms with Crippen LogP contribution in [0.1, 0.15) is 21.7 Å². The summed E-state index contributed by atoms with van der Waals surface area (Å²) in [7, 11) is 0. The number of nitrogens with zero attached hydrogens (tertiary/aromatic N) is 8. The van der Waals surface area contributed by atoms with Crippen LogP contribution in [0.2, 0.25) is 0 Å². The van der Waals surface area contributed by atoms with E-state index in [1.54, 1.807) is 27.8 Å². The molecule has 0 fully saturated rings. The van der Waals surface area contributed by atoms with Crippen LogP contribution in [-0.2, 0) is 6.54 Å². The van der Waals surface area contributed by atoms with Crippen molar-refractivity contribution in [2.24, 2.45) is 0 Å². The van der Waals surface area contributed by atoms with Gasteiger partial charge in [-0.25, -0.2) is 4.68 Å². The van der Waals surface area contributed by atoms with Gasteiger partial charge in [-0.2, -0.15) is 4.68 Å². The van der Waals surface area contributed by atoms with Gasteiger partial charge in [0.15, 0.2) is 5.82 Å². The first kappa shape index (κ1) is 16.5. The molecule has 0 atom stereocenters. The molecule has 0 radical (unpaired) electrons. The van der Waals surface area contributed by atoms with E-state index in [1.165, 1.54) is 0 Å². The Morgan fingerprint density at radius 1 is 1.07 bits per heavy atom. The van der Waals surface area contributed by atoms with Gasteiger partial charge < -0.3 is 5.32 Å². The Morgan fingerprint density at radius 2 is 1.93 bits per heavy atom. The largest absolute Gasteiger partial charge is 0.322 e. The normalized spacial score (nSPS) is 10.7. The molecule has 0 saturated carbocycles. The molecule has 1 amide bonds. The Balaban J connectivity index is 1.47. The zero-order chi connectivity index (χ0) is 18.6. The Labute approximate surface area is 153 Å². The first-order valence-electron chi connectivity index (χ1n) is 8.15. The highest BCUT2D eigenvalue weighted by Crippen LogP contribution is 2.16. The van der Waals surface area contributed by atoms with E-state index in [9.17, 15) is 4.79 Å². The number of aromatic nitrogens is 8. The van der Waals surface area contributed by atoms with Crippen molar-refractivity contribution < 1.29 is 4.79 Å². The molecule has 1 N–H and O–H groups in total. The number of aryl methyl sites for hydroxylation is 1. The molecule has 2 aromatic heterocycles. The van der Waals surface area contributed by atoms with Crippen molar-refractivity contribution in [1.29, 1.82) is 0 Å². The Kier molecular flexibility index (Phi) is 4.35. The van der Waals surface area contributed by atoms with Crippen LogP contribution < -0.4 is 5.32 Å². The van der Waals surface area contributed by atoms with Crippen molar-refractivity contribution in [3.8, 4) is 5.69 Å². The minimum absolute atomic E-state index is 0.199. The molecule has 4 aromatic rings. The third kappa shape index (κ3) is 3.68. The second-order valence-electron chi connectivity index (χ2n) is 5.85. The number of hydrogen-bond acceptors (Lipinski definition) is 7. The highest BCUT2D eigenvalue weighted by Gasteiger charge is 2.09. The fraction of sp³-hybridized carbons (Fsp3) is 0.118. The molecular weight excluding hydrogens is 346 g/mol. The maximum absolute atomic E-state index is 12.5. The number of hydrogen-bond donors (Lipinski definition) is 1. The number of anilines is 1. The van der Waals surface area contributed by atoms with E-state index in [4.69, 9.17) is 0 Å². The molecule has 0 aliphatic heterocycles. The van der Waals surface area contributed by atoms with Crippen LogP contribution in [0, 0.1) is 6.92 Å². The highest BCUT2D eigenvalue weighted by atomic mass is 16.1. The van der Waals surface area contributed by atoms with E-state index >= 15 is 0 Å². The molecule has 0 aliphatic rings. The monoisotopic (exact) mass is 361 g/mol. The molecule has 0 unspecified atom stereocenters. The summed E-state index contributed by atoms with van der Waals surface area (Å²) in [5.41, 5.74) is 2.98. The lowest BCUT2D eigenvalue weighted by Gasteiger charge is -2.08. The second kappa shape index (κ2) is 7.12. The van der Waals surface area contributed by atoms with Crippen molar-refractivity contribution in [3.63, 3.8) is 0 Å². The first-order chi connectivity index (χ1) is 13.2. The van der Waals surface area contributed by atoms with Gasteiger partial charge in [-0.3, -0.25) is 4.79 Å². The predicted molar refractivity (Wildman–Crippen MR) is 95.2 cm³/mol. The van der Waals surface area contributed by atoms with E-state index in [2.05, 4.69) is 36.4 Å². The van der Waals surface area contributed by atoms with Gasteiger partial charge >= 0.3 is 0 Å². The number of rotatable bonds is 5. The van der Waals surface area contributed by atoms with Crippen molar-refractivity contribution in [2.75, 3.05) is 5.32 Å². The summed E-state index contributed by atoms with van der Waals surface area (Å²) in [5.74, 6) is 0.464. The molecule has 134 valence electrons. The number of benzene rings is 2. The van der Waals surface area contributed by atoms with Crippen molar-refractivity contribution in [1.82, 2.24) is 40.4 Å². The summed E-state index contributed by atoms with van der Waals surface area (Å²) in [5, 5.41) is 25.3. The number of nitrogens with one attached hydrogen (secondary N) is 1. The molecule has 2 heterocycles. The molecule has 2 aromatic carbocycles. The molecule has 0 bridgehead atoms. The summed E-state index contributed by atoms with van der Waals surface area (Å²) in [4.78, 5) is 12.5. The Hall–Kier alpha value is -3.95. The zero-order valence-electron chi connectivity index (χ0n) is 14.4. The number of tetrazole rings is 2. The van der Waals surface area contributed by atoms with Gasteiger partial charge in [0.1, 0.15) is 6.33 Å². The van der Waals surface area contributed by atoms with Crippen molar-refractivity contribution in [3.05, 3.63) is 71.8 Å². The molecule has 0 spiro atoms. The van der Waals surface area contributed by atoms with Gasteiger partial charge in [-0.15, -0.1) is 10.2 Å². The molecule has 27 heavy (non-hydrogen) atoms. The van der Waals surface area contributed by atoms with Gasteiger partial charge in [0, 0.05) is 11.3 Å². The fourth-order valence-corrected chi connectivity index (χ4v) is 2.59. The molecule has 0 aliphatic carbocycles. The van der Waals surface area contributed by atoms with Crippen LogP contribution in [0.25, 0.3) is 5.69 Å². The summed E-state index contributed by atoms with van der Waals surface area (Å²) in [6.45, 7) is 2.35. The van der Waals surface area contributed by atoms with Crippen LogP contribution in [0.15, 0.2) is 54.9 Å². The van der Waals surface area contributed by atoms with Gasteiger partial charge in [0.05, 0.1) is 12.2 Å². The highest BCUT2D eigenvalue weighted by molar-refractivity contribution is 6.04. The van der Waals surface area contributed by atoms with Gasteiger partial charge in [-0.1, -0.05) is 18.2 Å². The molecular formula is C17H15N9O. The zero-order valence-corrected chi connectivity index (χ0v) is 14.4. The molecule has 0 saturated heterocycles. The standard InChI is InChI=1S/C17H15N9O/c1-12-20-22-24-26(12)16-4-2-3-15(9-16)19-17(27)14-7-5-13(6-8-14)10-25-11-18-21-23-25/h2-9,11H,10H2,1H3,(H,19,27). The predicted octanol–water partition coefficient (Wildman–Crippen LogP) is 1.26. The lowest BCUT2D eigenvalue weighted by molar-refractivity contribution is 0.102. The minimum Gasteiger partial charge on any atom is -0.322 e. The van der Waals surface area contributed by atoms with E-state index in [1.807, 2.05) is 43.3 Å². The van der Waals surface area contributed by atoms with Gasteiger partial charge in [-0.05, 0) is 63.7 Å². The average Bonchev–Trinajstić information content (AvgIpc) is 3.34. The van der Waals surface area contributed by atoms with Crippen molar-refractivity contribution >= 4 is 11.6 Å². The summed E-state index contributed by atoms with van der Waals surface area (Å²) >= 11 is 0. The number of carbonyl (C=O) groups excluding carboxylic acids is 1. The van der Waals surface area contributed by atoms with Gasteiger partial charge in [0.25, 0.3) is 5.91 Å². The first-order valence-corrected chi connectivity index (χ1v) is 8.15. The van der Waals surface area contributed by atoms with Crippen LogP contribution in [0.5, 0.6) is 0 Å². The summed E-state index contributed by atoms with van der Waals surface area (Å²) in [6.07, 6.45) is 1.54. The lowest BCUT2D eigenvalue weighted by atomic mass is 10.1. The third-order valence-corrected chi connectivity index (χ3v) is 3.93. The Bertz CT molecular complexity index is 1050. The molecule has 10 heteroatoms. The maximum atomic E-state index is 12.5. The summed E-state index contributed by atoms with van der Waals surface area (Å²) in [6, 6.07) is 14.6. The topological polar surface area (TPSA) is 116 Å². The smallest absolute Gasteiger partial charge is 0.255 e. The second-order valence-corrected chi connectivity index (χ2v) is 5.85. The SMILES string of the molecule is Cc1nnnn1-c1cccc(NC(=O)c2ccc(Cn3cnnn3)cc2)c1. The fourth-order valence-electron chi connectivity index (χ4n) is 2.59. The maximum Gasteiger partial charge on any atom is 0.255 e. The molecule has 10 nitrogen and oxygen atoms in total. The number of carbonyl (C=O) groups is 1. The third-order valence-electron chi connectivity index (χ3n) is 3.93. The van der Waals surface area contributed by atoms with E-state index in [0.717, 1.165) is 11.3 Å². The number of amides is 1. The van der Waals surface area contributed by atoms with E-state index in [-0.39, 0.29) is 5.91 Å². The Morgan fingerprint density at radius 3 is 2.63 bits per heavy atom. The summed E-state index contributed by atoms with van der Waals surface area (Å²) < 4.78 is 3.21. The van der Waals surface area contributed by atoms with Crippen molar-refractivity contribution in [2.45, 2.75) is 13.5 Å². The van der Waals surface area contributed by atoms with E-state index in [0.29, 0.717) is 23.6 Å². The minimum atomic E-state index is -0.199. The van der Waals surface area contributed by atoms with Crippen LogP contribution in [-0.4, -0.2) is 46.3 Å². The average molecular weight is 361 g/mol. The van der Waals surface area contributed by atoms with Crippen LogP contribution in [0.3, 0.4) is 0 Å². The quantitative estimate of drug-likeness (QED) is 0.569.